The number of hydrogen-bond acceptors (Lipinski definition) is 5. The van der Waals surface area contributed by atoms with E-state index in [1.165, 1.54) is 12.1 Å². The van der Waals surface area contributed by atoms with Crippen LogP contribution in [-0.4, -0.2) is 36.5 Å². The molecule has 0 radical (unpaired) electrons. The molecule has 0 aliphatic carbocycles. The van der Waals surface area contributed by atoms with Gasteiger partial charge in [-0.3, -0.25) is 14.9 Å². The molecule has 1 amide bonds. The molecule has 1 heterocycles. The molecular formula is C13H18N4O3. The zero-order chi connectivity index (χ0) is 14.7. The van der Waals surface area contributed by atoms with Crippen molar-refractivity contribution in [1.29, 1.82) is 0 Å². The summed E-state index contributed by atoms with van der Waals surface area (Å²) in [6, 6.07) is 4.59. The van der Waals surface area contributed by atoms with Crippen molar-refractivity contribution in [3.8, 4) is 0 Å². The minimum atomic E-state index is -0.642. The lowest BCUT2D eigenvalue weighted by Crippen LogP contribution is -2.58. The smallest absolute Gasteiger partial charge is 0.270 e. The molecule has 1 fully saturated rings. The van der Waals surface area contributed by atoms with E-state index >= 15 is 0 Å². The predicted octanol–water partition coefficient (Wildman–Crippen LogP) is 0.882. The van der Waals surface area contributed by atoms with Crippen molar-refractivity contribution in [1.82, 2.24) is 5.32 Å². The van der Waals surface area contributed by atoms with Crippen LogP contribution in [0.2, 0.25) is 0 Å². The number of anilines is 1. The maximum Gasteiger partial charge on any atom is 0.270 e. The van der Waals surface area contributed by atoms with Crippen molar-refractivity contribution >= 4 is 17.3 Å². The molecule has 7 heteroatoms. The maximum absolute atomic E-state index is 11.6. The second kappa shape index (κ2) is 5.87. The number of nitro groups is 1. The molecule has 1 aromatic carbocycles. The van der Waals surface area contributed by atoms with Crippen molar-refractivity contribution < 1.29 is 9.72 Å². The van der Waals surface area contributed by atoms with Gasteiger partial charge in [-0.15, -0.1) is 0 Å². The second-order valence-electron chi connectivity index (χ2n) is 4.83. The molecule has 0 aromatic heterocycles. The average Bonchev–Trinajstić information content (AvgIpc) is 2.35. The van der Waals surface area contributed by atoms with Crippen LogP contribution >= 0.6 is 0 Å². The van der Waals surface area contributed by atoms with Gasteiger partial charge in [-0.05, 0) is 12.5 Å². The lowest BCUT2D eigenvalue weighted by Gasteiger charge is -2.40. The Morgan fingerprint density at radius 1 is 1.55 bits per heavy atom. The van der Waals surface area contributed by atoms with Gasteiger partial charge < -0.3 is 16.0 Å². The average molecular weight is 278 g/mol. The van der Waals surface area contributed by atoms with Crippen LogP contribution in [0.25, 0.3) is 0 Å². The zero-order valence-electron chi connectivity index (χ0n) is 11.3. The molecule has 1 saturated heterocycles. The van der Waals surface area contributed by atoms with Crippen LogP contribution < -0.4 is 16.0 Å². The molecule has 3 N–H and O–H groups in total. The van der Waals surface area contributed by atoms with E-state index in [2.05, 4.69) is 17.1 Å². The van der Waals surface area contributed by atoms with Gasteiger partial charge in [-0.25, -0.2) is 0 Å². The van der Waals surface area contributed by atoms with Gasteiger partial charge in [0.05, 0.1) is 22.2 Å². The summed E-state index contributed by atoms with van der Waals surface area (Å²) in [5, 5.41) is 14.0. The number of benzene rings is 1. The summed E-state index contributed by atoms with van der Waals surface area (Å²) in [4.78, 5) is 24.0. The van der Waals surface area contributed by atoms with Crippen molar-refractivity contribution in [2.45, 2.75) is 19.4 Å². The summed E-state index contributed by atoms with van der Waals surface area (Å²) in [6.07, 6.45) is 0.922. The summed E-state index contributed by atoms with van der Waals surface area (Å²) < 4.78 is 0. The molecule has 2 rings (SSSR count). The lowest BCUT2D eigenvalue weighted by atomic mass is 10.0. The Kier molecular flexibility index (Phi) is 4.19. The topological polar surface area (TPSA) is 102 Å². The quantitative estimate of drug-likeness (QED) is 0.594. The van der Waals surface area contributed by atoms with Crippen molar-refractivity contribution in [2.75, 3.05) is 24.5 Å². The largest absolute Gasteiger partial charge is 0.366 e. The molecule has 1 aliphatic rings. The van der Waals surface area contributed by atoms with Crippen LogP contribution in [0.15, 0.2) is 18.2 Å². The summed E-state index contributed by atoms with van der Waals surface area (Å²) in [5.41, 5.74) is 6.14. The number of carbonyl (C=O) groups excluding carboxylic acids is 1. The molecule has 0 saturated carbocycles. The first kappa shape index (κ1) is 14.3. The van der Waals surface area contributed by atoms with Crippen LogP contribution in [-0.2, 0) is 0 Å². The van der Waals surface area contributed by atoms with Crippen LogP contribution in [0.5, 0.6) is 0 Å². The number of non-ortho nitro benzene ring substituents is 1. The molecular weight excluding hydrogens is 260 g/mol. The van der Waals surface area contributed by atoms with Gasteiger partial charge in [-0.1, -0.05) is 6.92 Å². The normalized spacial score (nSPS) is 14.7. The highest BCUT2D eigenvalue weighted by atomic mass is 16.6. The highest BCUT2D eigenvalue weighted by Crippen LogP contribution is 2.28. The Morgan fingerprint density at radius 2 is 2.25 bits per heavy atom. The Labute approximate surface area is 116 Å². The number of nitrogens with two attached hydrogens (primary N) is 1. The van der Waals surface area contributed by atoms with Crippen LogP contribution in [0.4, 0.5) is 11.4 Å². The first-order valence-corrected chi connectivity index (χ1v) is 6.60. The zero-order valence-corrected chi connectivity index (χ0v) is 11.3. The fraction of sp³-hybridized carbons (Fsp3) is 0.462. The second-order valence-corrected chi connectivity index (χ2v) is 4.83. The molecule has 0 unspecified atom stereocenters. The van der Waals surface area contributed by atoms with Crippen molar-refractivity contribution in [3.05, 3.63) is 33.9 Å². The minimum absolute atomic E-state index is 0.120. The first-order valence-electron chi connectivity index (χ1n) is 6.60. The van der Waals surface area contributed by atoms with Crippen molar-refractivity contribution in [2.24, 2.45) is 5.73 Å². The number of rotatable bonds is 6. The van der Waals surface area contributed by atoms with Gasteiger partial charge in [-0.2, -0.15) is 0 Å². The Morgan fingerprint density at radius 3 is 2.70 bits per heavy atom. The first-order chi connectivity index (χ1) is 9.54. The monoisotopic (exact) mass is 278 g/mol. The van der Waals surface area contributed by atoms with E-state index < -0.39 is 10.8 Å². The van der Waals surface area contributed by atoms with Gasteiger partial charge in [0.15, 0.2) is 0 Å². The van der Waals surface area contributed by atoms with E-state index in [9.17, 15) is 14.9 Å². The number of nitrogens with zero attached hydrogens (tertiary/aromatic N) is 2. The number of hydrogen-bond donors (Lipinski definition) is 2. The molecule has 1 aliphatic heterocycles. The number of carbonyl (C=O) groups is 1. The van der Waals surface area contributed by atoms with E-state index in [4.69, 9.17) is 5.73 Å². The van der Waals surface area contributed by atoms with Gasteiger partial charge in [0, 0.05) is 31.8 Å². The Bertz CT molecular complexity index is 528. The highest BCUT2D eigenvalue weighted by molar-refractivity contribution is 5.99. The third kappa shape index (κ3) is 2.72. The van der Waals surface area contributed by atoms with E-state index in [1.807, 2.05) is 0 Å². The van der Waals surface area contributed by atoms with Crippen LogP contribution in [0.3, 0.4) is 0 Å². The predicted molar refractivity (Wildman–Crippen MR) is 75.9 cm³/mol. The number of amides is 1. The Hall–Kier alpha value is -2.15. The number of nitrogens with one attached hydrogen (secondary N) is 1. The highest BCUT2D eigenvalue weighted by Gasteiger charge is 2.27. The lowest BCUT2D eigenvalue weighted by molar-refractivity contribution is -0.384. The van der Waals surface area contributed by atoms with Gasteiger partial charge in [0.1, 0.15) is 0 Å². The molecule has 0 atom stereocenters. The standard InChI is InChI=1S/C13H18N4O3/c1-2-5-16(10-7-15-8-10)12-4-3-9(17(19)20)6-11(12)13(14)18/h3-4,6,10,15H,2,5,7-8H2,1H3,(H2,14,18). The van der Waals surface area contributed by atoms with E-state index in [0.717, 1.165) is 26.1 Å². The van der Waals surface area contributed by atoms with E-state index in [-0.39, 0.29) is 11.3 Å². The Balaban J connectivity index is 2.41. The van der Waals surface area contributed by atoms with E-state index in [1.54, 1.807) is 6.07 Å². The van der Waals surface area contributed by atoms with Gasteiger partial charge in [0.2, 0.25) is 0 Å². The van der Waals surface area contributed by atoms with Gasteiger partial charge in [0.25, 0.3) is 11.6 Å². The molecule has 7 nitrogen and oxygen atoms in total. The SMILES string of the molecule is CCCN(c1ccc([N+](=O)[O-])cc1C(N)=O)C1CNC1. The summed E-state index contributed by atoms with van der Waals surface area (Å²) in [7, 11) is 0. The summed E-state index contributed by atoms with van der Waals surface area (Å²) in [5.74, 6) is -0.642. The number of primary amides is 1. The van der Waals surface area contributed by atoms with E-state index in [0.29, 0.717) is 11.7 Å². The van der Waals surface area contributed by atoms with Crippen LogP contribution in [0.1, 0.15) is 23.7 Å². The van der Waals surface area contributed by atoms with Crippen LogP contribution in [0, 0.1) is 10.1 Å². The fourth-order valence-electron chi connectivity index (χ4n) is 2.32. The number of nitro benzene ring substituents is 1. The molecule has 0 bridgehead atoms. The fourth-order valence-corrected chi connectivity index (χ4v) is 2.32. The van der Waals surface area contributed by atoms with Gasteiger partial charge >= 0.3 is 0 Å². The molecule has 1 aromatic rings. The minimum Gasteiger partial charge on any atom is -0.366 e. The maximum atomic E-state index is 11.6. The molecule has 108 valence electrons. The third-order valence-electron chi connectivity index (χ3n) is 3.43. The molecule has 0 spiro atoms. The summed E-state index contributed by atoms with van der Waals surface area (Å²) >= 11 is 0. The third-order valence-corrected chi connectivity index (χ3v) is 3.43. The van der Waals surface area contributed by atoms with Crippen molar-refractivity contribution in [3.63, 3.8) is 0 Å². The summed E-state index contributed by atoms with van der Waals surface area (Å²) in [6.45, 7) is 4.52. The molecule has 20 heavy (non-hydrogen) atoms.